The van der Waals surface area contributed by atoms with Crippen LogP contribution in [0, 0.1) is 6.92 Å². The first-order valence-corrected chi connectivity index (χ1v) is 10.2. The van der Waals surface area contributed by atoms with E-state index in [0.29, 0.717) is 18.4 Å². The molecule has 6 heteroatoms. The van der Waals surface area contributed by atoms with E-state index in [4.69, 9.17) is 4.42 Å². The third-order valence-corrected chi connectivity index (χ3v) is 7.25. The van der Waals surface area contributed by atoms with Crippen molar-refractivity contribution in [2.24, 2.45) is 0 Å². The predicted octanol–water partition coefficient (Wildman–Crippen LogP) is 3.22. The Hall–Kier alpha value is -1.82. The standard InChI is InChI=1S/C18H23NO4S/c1-13-7-6-8-15-14(13)11-16(23-15)17(20)19-12-18(24(2,21)22)9-4-3-5-10-18/h6-8,11H,3-5,9-10,12H2,1-2H3,(H,19,20). The number of carbonyl (C=O) groups excluding carboxylic acids is 1. The molecule has 1 fully saturated rings. The zero-order valence-corrected chi connectivity index (χ0v) is 14.9. The molecule has 0 aliphatic heterocycles. The van der Waals surface area contributed by atoms with E-state index in [0.717, 1.165) is 30.2 Å². The molecule has 0 atom stereocenters. The van der Waals surface area contributed by atoms with Gasteiger partial charge in [0.2, 0.25) is 0 Å². The quantitative estimate of drug-likeness (QED) is 0.919. The Morgan fingerprint density at radius 1 is 1.25 bits per heavy atom. The topological polar surface area (TPSA) is 76.4 Å². The van der Waals surface area contributed by atoms with Crippen molar-refractivity contribution in [2.45, 2.75) is 43.8 Å². The van der Waals surface area contributed by atoms with Gasteiger partial charge in [-0.1, -0.05) is 31.4 Å². The number of hydrogen-bond donors (Lipinski definition) is 1. The van der Waals surface area contributed by atoms with Crippen molar-refractivity contribution >= 4 is 26.7 Å². The van der Waals surface area contributed by atoms with Gasteiger partial charge in [0, 0.05) is 18.2 Å². The van der Waals surface area contributed by atoms with E-state index in [1.807, 2.05) is 25.1 Å². The van der Waals surface area contributed by atoms with Gasteiger partial charge in [0.15, 0.2) is 15.6 Å². The monoisotopic (exact) mass is 349 g/mol. The summed E-state index contributed by atoms with van der Waals surface area (Å²) in [5, 5.41) is 3.69. The summed E-state index contributed by atoms with van der Waals surface area (Å²) in [7, 11) is -3.24. The summed E-state index contributed by atoms with van der Waals surface area (Å²) in [5.74, 6) is -0.141. The first-order chi connectivity index (χ1) is 11.3. The summed E-state index contributed by atoms with van der Waals surface area (Å²) in [4.78, 5) is 12.4. The van der Waals surface area contributed by atoms with Crippen molar-refractivity contribution in [3.63, 3.8) is 0 Å². The Bertz CT molecular complexity index is 860. The minimum absolute atomic E-state index is 0.140. The number of rotatable bonds is 4. The molecule has 3 rings (SSSR count). The van der Waals surface area contributed by atoms with Gasteiger partial charge in [-0.2, -0.15) is 0 Å². The lowest BCUT2D eigenvalue weighted by Gasteiger charge is -2.35. The van der Waals surface area contributed by atoms with Gasteiger partial charge in [-0.25, -0.2) is 8.42 Å². The van der Waals surface area contributed by atoms with Crippen LogP contribution < -0.4 is 5.32 Å². The molecular weight excluding hydrogens is 326 g/mol. The van der Waals surface area contributed by atoms with Gasteiger partial charge in [-0.15, -0.1) is 0 Å². The molecule has 1 N–H and O–H groups in total. The smallest absolute Gasteiger partial charge is 0.287 e. The number of sulfone groups is 1. The molecule has 2 aromatic rings. The molecule has 1 aliphatic rings. The molecule has 0 bridgehead atoms. The lowest BCUT2D eigenvalue weighted by molar-refractivity contribution is 0.0921. The van der Waals surface area contributed by atoms with Gasteiger partial charge in [-0.3, -0.25) is 4.79 Å². The normalized spacial score (nSPS) is 17.8. The highest BCUT2D eigenvalue weighted by Gasteiger charge is 2.42. The van der Waals surface area contributed by atoms with Crippen LogP contribution in [0.2, 0.25) is 0 Å². The van der Waals surface area contributed by atoms with E-state index in [9.17, 15) is 13.2 Å². The summed E-state index contributed by atoms with van der Waals surface area (Å²) < 4.78 is 29.3. The maximum absolute atomic E-state index is 12.4. The third kappa shape index (κ3) is 3.07. The van der Waals surface area contributed by atoms with Crippen LogP contribution in [0.25, 0.3) is 11.0 Å². The number of fused-ring (bicyclic) bond motifs is 1. The first kappa shape index (κ1) is 17.0. The zero-order chi connectivity index (χ0) is 17.4. The van der Waals surface area contributed by atoms with E-state index < -0.39 is 14.6 Å². The average Bonchev–Trinajstić information content (AvgIpc) is 2.98. The van der Waals surface area contributed by atoms with E-state index in [2.05, 4.69) is 5.32 Å². The summed E-state index contributed by atoms with van der Waals surface area (Å²) >= 11 is 0. The lowest BCUT2D eigenvalue weighted by Crippen LogP contribution is -2.49. The number of hydrogen-bond acceptors (Lipinski definition) is 4. The number of aryl methyl sites for hydroxylation is 1. The fourth-order valence-electron chi connectivity index (χ4n) is 3.52. The second-order valence-corrected chi connectivity index (χ2v) is 9.21. The predicted molar refractivity (Wildman–Crippen MR) is 93.9 cm³/mol. The molecule has 1 heterocycles. The minimum atomic E-state index is -3.24. The Morgan fingerprint density at radius 3 is 2.58 bits per heavy atom. The molecule has 0 spiro atoms. The van der Waals surface area contributed by atoms with Crippen LogP contribution >= 0.6 is 0 Å². The van der Waals surface area contributed by atoms with Crippen LogP contribution in [0.15, 0.2) is 28.7 Å². The fraction of sp³-hybridized carbons (Fsp3) is 0.500. The highest BCUT2D eigenvalue weighted by molar-refractivity contribution is 7.92. The number of benzene rings is 1. The maximum Gasteiger partial charge on any atom is 0.287 e. The van der Waals surface area contributed by atoms with Crippen molar-refractivity contribution < 1.29 is 17.6 Å². The molecule has 0 radical (unpaired) electrons. The Kier molecular flexibility index (Phi) is 4.42. The van der Waals surface area contributed by atoms with Gasteiger partial charge >= 0.3 is 0 Å². The number of amides is 1. The highest BCUT2D eigenvalue weighted by Crippen LogP contribution is 2.34. The maximum atomic E-state index is 12.4. The van der Waals surface area contributed by atoms with Gasteiger partial charge in [0.1, 0.15) is 5.58 Å². The minimum Gasteiger partial charge on any atom is -0.451 e. The summed E-state index contributed by atoms with van der Waals surface area (Å²) in [5.41, 5.74) is 1.70. The molecule has 1 aromatic heterocycles. The molecule has 0 unspecified atom stereocenters. The van der Waals surface area contributed by atoms with Crippen molar-refractivity contribution in [3.8, 4) is 0 Å². The number of furan rings is 1. The molecule has 1 aliphatic carbocycles. The van der Waals surface area contributed by atoms with Gasteiger partial charge in [-0.05, 0) is 37.5 Å². The molecule has 0 saturated heterocycles. The van der Waals surface area contributed by atoms with Crippen LogP contribution in [0.5, 0.6) is 0 Å². The summed E-state index contributed by atoms with van der Waals surface area (Å²) in [6, 6.07) is 7.37. The molecule has 5 nitrogen and oxygen atoms in total. The summed E-state index contributed by atoms with van der Waals surface area (Å²) in [6.07, 6.45) is 5.29. The van der Waals surface area contributed by atoms with Crippen molar-refractivity contribution in [1.29, 1.82) is 0 Å². The van der Waals surface area contributed by atoms with Crippen molar-refractivity contribution in [3.05, 3.63) is 35.6 Å². The number of nitrogens with one attached hydrogen (secondary N) is 1. The average molecular weight is 349 g/mol. The Morgan fingerprint density at radius 2 is 1.96 bits per heavy atom. The lowest BCUT2D eigenvalue weighted by atomic mass is 9.88. The van der Waals surface area contributed by atoms with Gasteiger partial charge in [0.25, 0.3) is 5.91 Å². The fourth-order valence-corrected chi connectivity index (χ4v) is 4.89. The van der Waals surface area contributed by atoms with Crippen molar-refractivity contribution in [2.75, 3.05) is 12.8 Å². The van der Waals surface area contributed by atoms with E-state index in [-0.39, 0.29) is 18.2 Å². The molecule has 130 valence electrons. The van der Waals surface area contributed by atoms with Gasteiger partial charge < -0.3 is 9.73 Å². The Balaban J connectivity index is 1.79. The zero-order valence-electron chi connectivity index (χ0n) is 14.1. The third-order valence-electron chi connectivity index (χ3n) is 5.13. The highest BCUT2D eigenvalue weighted by atomic mass is 32.2. The van der Waals surface area contributed by atoms with Crippen LogP contribution in [-0.2, 0) is 9.84 Å². The second-order valence-electron chi connectivity index (χ2n) is 6.80. The molecule has 24 heavy (non-hydrogen) atoms. The van der Waals surface area contributed by atoms with E-state index in [1.54, 1.807) is 6.07 Å². The van der Waals surface area contributed by atoms with Crippen LogP contribution in [0.1, 0.15) is 48.2 Å². The molecule has 1 aromatic carbocycles. The van der Waals surface area contributed by atoms with E-state index in [1.165, 1.54) is 6.26 Å². The molecular formula is C18H23NO4S. The number of carbonyl (C=O) groups is 1. The van der Waals surface area contributed by atoms with Crippen molar-refractivity contribution in [1.82, 2.24) is 5.32 Å². The Labute approximate surface area is 142 Å². The second kappa shape index (κ2) is 6.24. The largest absolute Gasteiger partial charge is 0.451 e. The van der Waals surface area contributed by atoms with Crippen LogP contribution in [-0.4, -0.2) is 31.9 Å². The van der Waals surface area contributed by atoms with Crippen LogP contribution in [0.3, 0.4) is 0 Å². The SMILES string of the molecule is Cc1cccc2oc(C(=O)NCC3(S(C)(=O)=O)CCCCC3)cc12. The molecule has 1 amide bonds. The van der Waals surface area contributed by atoms with Gasteiger partial charge in [0.05, 0.1) is 4.75 Å². The van der Waals surface area contributed by atoms with Crippen LogP contribution in [0.4, 0.5) is 0 Å². The van der Waals surface area contributed by atoms with E-state index >= 15 is 0 Å². The molecule has 1 saturated carbocycles. The first-order valence-electron chi connectivity index (χ1n) is 8.29. The summed E-state index contributed by atoms with van der Waals surface area (Å²) in [6.45, 7) is 2.10.